The minimum atomic E-state index is -4.07. The summed E-state index contributed by atoms with van der Waals surface area (Å²) in [6, 6.07) is -0.682. The minimum absolute atomic E-state index is 0.144. The third-order valence-electron chi connectivity index (χ3n) is 2.83. The zero-order chi connectivity index (χ0) is 15.8. The number of aromatic amines is 1. The molecule has 2 heterocycles. The molecular weight excluding hydrogens is 300 g/mol. The summed E-state index contributed by atoms with van der Waals surface area (Å²) in [4.78, 5) is 10.7. The van der Waals surface area contributed by atoms with Crippen molar-refractivity contribution in [1.82, 2.24) is 29.7 Å². The van der Waals surface area contributed by atoms with E-state index in [0.29, 0.717) is 5.82 Å². The number of H-pyrrole nitrogens is 1. The highest BCUT2D eigenvalue weighted by Gasteiger charge is 2.30. The number of hydrogen-bond donors (Lipinski definition) is 3. The quantitative estimate of drug-likeness (QED) is 0.680. The lowest BCUT2D eigenvalue weighted by Crippen LogP contribution is -2.30. The predicted molar refractivity (Wildman–Crippen MR) is 70.0 cm³/mol. The summed E-state index contributed by atoms with van der Waals surface area (Å²) < 4.78 is 28.7. The lowest BCUT2D eigenvalue weighted by molar-refractivity contribution is 0.0686. The van der Waals surface area contributed by atoms with Gasteiger partial charge in [-0.2, -0.15) is 5.10 Å². The maximum absolute atomic E-state index is 12.4. The molecule has 0 saturated carbocycles. The molecule has 0 spiro atoms. The molecule has 3 N–H and O–H groups in total. The van der Waals surface area contributed by atoms with E-state index < -0.39 is 27.7 Å². The molecule has 10 nitrogen and oxygen atoms in total. The Bertz CT molecular complexity index is 777. The van der Waals surface area contributed by atoms with Gasteiger partial charge in [-0.05, 0) is 13.8 Å². The highest BCUT2D eigenvalue weighted by Crippen LogP contribution is 2.20. The van der Waals surface area contributed by atoms with E-state index in [0.717, 1.165) is 0 Å². The van der Waals surface area contributed by atoms with Crippen LogP contribution < -0.4 is 4.72 Å². The molecule has 114 valence electrons. The van der Waals surface area contributed by atoms with Crippen LogP contribution in [0.4, 0.5) is 0 Å². The third-order valence-corrected chi connectivity index (χ3v) is 4.53. The van der Waals surface area contributed by atoms with Crippen LogP contribution in [-0.2, 0) is 17.1 Å². The average Bonchev–Trinajstić information content (AvgIpc) is 2.94. The van der Waals surface area contributed by atoms with Gasteiger partial charge in [-0.15, -0.1) is 10.2 Å². The van der Waals surface area contributed by atoms with Gasteiger partial charge in [-0.1, -0.05) is 0 Å². The molecule has 21 heavy (non-hydrogen) atoms. The third kappa shape index (κ3) is 2.78. The van der Waals surface area contributed by atoms with E-state index in [1.807, 2.05) is 0 Å². The number of carboxylic acids is 1. The van der Waals surface area contributed by atoms with Crippen LogP contribution in [0.1, 0.15) is 35.0 Å². The van der Waals surface area contributed by atoms with E-state index in [2.05, 4.69) is 25.1 Å². The van der Waals surface area contributed by atoms with Crippen molar-refractivity contribution in [3.63, 3.8) is 0 Å². The summed E-state index contributed by atoms with van der Waals surface area (Å²) in [7, 11) is -2.40. The molecule has 0 aliphatic heterocycles. The maximum Gasteiger partial charge on any atom is 0.357 e. The SMILES string of the molecule is Cc1[nH]nc(C(=O)O)c1S(=O)(=O)NC(C)c1nncn1C. The number of aromatic carboxylic acids is 1. The van der Waals surface area contributed by atoms with Crippen molar-refractivity contribution in [2.24, 2.45) is 7.05 Å². The molecule has 2 aromatic heterocycles. The van der Waals surface area contributed by atoms with Crippen LogP contribution in [0.5, 0.6) is 0 Å². The van der Waals surface area contributed by atoms with E-state index >= 15 is 0 Å². The van der Waals surface area contributed by atoms with Crippen molar-refractivity contribution in [1.29, 1.82) is 0 Å². The highest BCUT2D eigenvalue weighted by molar-refractivity contribution is 7.89. The molecule has 0 aliphatic carbocycles. The standard InChI is InChI=1S/C10H14N6O4S/c1-5-8(7(10(17)18)13-12-5)21(19,20)15-6(2)9-14-11-4-16(9)3/h4,6,15H,1-3H3,(H,12,13)(H,17,18). The number of nitrogens with one attached hydrogen (secondary N) is 2. The van der Waals surface area contributed by atoms with Crippen LogP contribution >= 0.6 is 0 Å². The molecule has 1 unspecified atom stereocenters. The normalized spacial score (nSPS) is 13.3. The van der Waals surface area contributed by atoms with Gasteiger partial charge < -0.3 is 9.67 Å². The molecular formula is C10H14N6O4S. The van der Waals surface area contributed by atoms with Gasteiger partial charge in [0.1, 0.15) is 17.0 Å². The second-order valence-corrected chi connectivity index (χ2v) is 6.13. The molecule has 0 aliphatic rings. The number of carbonyl (C=O) groups is 1. The summed E-state index contributed by atoms with van der Waals surface area (Å²) in [5.74, 6) is -1.03. The second kappa shape index (κ2) is 5.26. The number of hydrogen-bond acceptors (Lipinski definition) is 6. The number of nitrogens with zero attached hydrogens (tertiary/aromatic N) is 4. The molecule has 11 heteroatoms. The fraction of sp³-hybridized carbons (Fsp3) is 0.400. The molecule has 0 amide bonds. The summed E-state index contributed by atoms with van der Waals surface area (Å²) >= 11 is 0. The average molecular weight is 314 g/mol. The second-order valence-electron chi connectivity index (χ2n) is 4.47. The molecule has 2 rings (SSSR count). The Morgan fingerprint density at radius 3 is 2.71 bits per heavy atom. The van der Waals surface area contributed by atoms with Crippen LogP contribution in [-0.4, -0.2) is 44.5 Å². The van der Waals surface area contributed by atoms with E-state index in [4.69, 9.17) is 5.11 Å². The highest BCUT2D eigenvalue weighted by atomic mass is 32.2. The first kappa shape index (κ1) is 15.1. The van der Waals surface area contributed by atoms with E-state index in [-0.39, 0.29) is 10.6 Å². The lowest BCUT2D eigenvalue weighted by Gasteiger charge is -2.13. The molecule has 0 saturated heterocycles. The van der Waals surface area contributed by atoms with Gasteiger partial charge in [0.15, 0.2) is 5.69 Å². The molecule has 2 aromatic rings. The van der Waals surface area contributed by atoms with Crippen LogP contribution in [0.3, 0.4) is 0 Å². The van der Waals surface area contributed by atoms with Gasteiger partial charge in [0.05, 0.1) is 11.7 Å². The molecule has 0 radical (unpaired) electrons. The number of aryl methyl sites for hydroxylation is 2. The van der Waals surface area contributed by atoms with Crippen molar-refractivity contribution >= 4 is 16.0 Å². The first-order valence-electron chi connectivity index (χ1n) is 5.88. The molecule has 1 atom stereocenters. The topological polar surface area (TPSA) is 143 Å². The largest absolute Gasteiger partial charge is 0.476 e. The Kier molecular flexibility index (Phi) is 3.78. The minimum Gasteiger partial charge on any atom is -0.476 e. The Balaban J connectivity index is 2.38. The van der Waals surface area contributed by atoms with Gasteiger partial charge >= 0.3 is 5.97 Å². The van der Waals surface area contributed by atoms with Crippen LogP contribution in [0, 0.1) is 6.92 Å². The Morgan fingerprint density at radius 1 is 1.52 bits per heavy atom. The van der Waals surface area contributed by atoms with Crippen LogP contribution in [0.2, 0.25) is 0 Å². The first-order valence-corrected chi connectivity index (χ1v) is 7.37. The summed E-state index contributed by atoms with van der Waals surface area (Å²) in [5, 5.41) is 22.3. The number of sulfonamides is 1. The van der Waals surface area contributed by atoms with Gasteiger partial charge in [0.2, 0.25) is 10.0 Å². The summed E-state index contributed by atoms with van der Waals surface area (Å²) in [6.45, 7) is 3.01. The molecule has 0 fully saturated rings. The van der Waals surface area contributed by atoms with E-state index in [9.17, 15) is 13.2 Å². The van der Waals surface area contributed by atoms with Crippen LogP contribution in [0.15, 0.2) is 11.2 Å². The van der Waals surface area contributed by atoms with Crippen molar-refractivity contribution in [2.75, 3.05) is 0 Å². The van der Waals surface area contributed by atoms with Gasteiger partial charge in [0, 0.05) is 7.05 Å². The van der Waals surface area contributed by atoms with Crippen molar-refractivity contribution in [3.8, 4) is 0 Å². The predicted octanol–water partition coefficient (Wildman–Crippen LogP) is -0.416. The monoisotopic (exact) mass is 314 g/mol. The first-order chi connectivity index (χ1) is 9.74. The van der Waals surface area contributed by atoms with Gasteiger partial charge in [-0.3, -0.25) is 5.10 Å². The lowest BCUT2D eigenvalue weighted by atomic mass is 10.3. The maximum atomic E-state index is 12.4. The fourth-order valence-corrected chi connectivity index (χ4v) is 3.45. The van der Waals surface area contributed by atoms with Crippen molar-refractivity contribution in [2.45, 2.75) is 24.8 Å². The van der Waals surface area contributed by atoms with Crippen molar-refractivity contribution in [3.05, 3.63) is 23.5 Å². The number of carboxylic acid groups (broad SMARTS) is 1. The van der Waals surface area contributed by atoms with Gasteiger partial charge in [0.25, 0.3) is 0 Å². The summed E-state index contributed by atoms with van der Waals surface area (Å²) in [5.41, 5.74) is -0.407. The Morgan fingerprint density at radius 2 is 2.19 bits per heavy atom. The zero-order valence-corrected chi connectivity index (χ0v) is 12.3. The van der Waals surface area contributed by atoms with Gasteiger partial charge in [-0.25, -0.2) is 17.9 Å². The van der Waals surface area contributed by atoms with E-state index in [1.165, 1.54) is 13.3 Å². The molecule has 0 aromatic carbocycles. The number of rotatable bonds is 5. The fourth-order valence-electron chi connectivity index (χ4n) is 1.92. The van der Waals surface area contributed by atoms with E-state index in [1.54, 1.807) is 18.5 Å². The Hall–Kier alpha value is -2.27. The summed E-state index contributed by atoms with van der Waals surface area (Å²) in [6.07, 6.45) is 1.44. The van der Waals surface area contributed by atoms with Crippen LogP contribution in [0.25, 0.3) is 0 Å². The molecule has 0 bridgehead atoms. The smallest absolute Gasteiger partial charge is 0.357 e. The Labute approximate surface area is 120 Å². The zero-order valence-electron chi connectivity index (χ0n) is 11.5. The van der Waals surface area contributed by atoms with Crippen molar-refractivity contribution < 1.29 is 18.3 Å². The number of aromatic nitrogens is 5.